The fourth-order valence-corrected chi connectivity index (χ4v) is 7.06. The minimum Gasteiger partial charge on any atom is -0.466 e. The van der Waals surface area contributed by atoms with E-state index in [9.17, 15) is 15.3 Å². The van der Waals surface area contributed by atoms with Crippen molar-refractivity contribution in [2.75, 3.05) is 0 Å². The minimum atomic E-state index is -0.470. The second kappa shape index (κ2) is 21.8. The highest BCUT2D eigenvalue weighted by Gasteiger charge is 2.40. The molecule has 0 aliphatic carbocycles. The second-order valence-corrected chi connectivity index (χ2v) is 13.7. The standard InChI is InChI=1S/C37H66O6/c1-3-4-5-14-18-30(38)19-17-22-33(40)35-26-28-37(43-35)36-27-25-34(42-36)32(39)21-16-13-11-9-7-6-8-10-12-15-20-31-24-23-29(2)41-31/h23-24,30,32-40H,3-22,25-28H2,1-2H3/t30-,32+,33-,34+,35+,36+,37+/m0/s1. The van der Waals surface area contributed by atoms with E-state index in [-0.39, 0.29) is 36.6 Å². The summed E-state index contributed by atoms with van der Waals surface area (Å²) in [4.78, 5) is 0. The predicted molar refractivity (Wildman–Crippen MR) is 174 cm³/mol. The molecule has 2 aliphatic rings. The molecule has 0 saturated carbocycles. The van der Waals surface area contributed by atoms with Crippen molar-refractivity contribution in [3.63, 3.8) is 0 Å². The number of unbranched alkanes of at least 4 members (excludes halogenated alkanes) is 12. The van der Waals surface area contributed by atoms with E-state index in [1.807, 2.05) is 6.92 Å². The van der Waals surface area contributed by atoms with E-state index >= 15 is 0 Å². The SMILES string of the molecule is CCCCCC[C@H](O)CCC[C@H](O)[C@H]1CC[C@H]([C@H]2CC[C@H]([C@H](O)CCCCCCCCCCCCc3ccc(C)o3)O2)O1. The van der Waals surface area contributed by atoms with Crippen molar-refractivity contribution in [1.82, 2.24) is 0 Å². The summed E-state index contributed by atoms with van der Waals surface area (Å²) in [6.07, 6.45) is 24.8. The predicted octanol–water partition coefficient (Wildman–Crippen LogP) is 8.74. The molecule has 3 N–H and O–H groups in total. The van der Waals surface area contributed by atoms with Crippen LogP contribution in [0.5, 0.6) is 0 Å². The van der Waals surface area contributed by atoms with Crippen LogP contribution < -0.4 is 0 Å². The third kappa shape index (κ3) is 14.8. The van der Waals surface area contributed by atoms with Crippen LogP contribution in [0.1, 0.15) is 166 Å². The van der Waals surface area contributed by atoms with Gasteiger partial charge < -0.3 is 29.2 Å². The maximum absolute atomic E-state index is 10.8. The Bertz CT molecular complexity index is 811. The molecule has 0 bridgehead atoms. The van der Waals surface area contributed by atoms with Gasteiger partial charge in [-0.05, 0) is 83.3 Å². The number of ether oxygens (including phenoxy) is 2. The molecule has 0 unspecified atom stereocenters. The smallest absolute Gasteiger partial charge is 0.104 e. The van der Waals surface area contributed by atoms with E-state index in [4.69, 9.17) is 13.9 Å². The van der Waals surface area contributed by atoms with E-state index in [0.29, 0.717) is 6.42 Å². The molecule has 0 amide bonds. The van der Waals surface area contributed by atoms with Crippen LogP contribution in [0, 0.1) is 6.92 Å². The van der Waals surface area contributed by atoms with E-state index in [2.05, 4.69) is 19.1 Å². The lowest BCUT2D eigenvalue weighted by Gasteiger charge is -2.24. The first-order valence-electron chi connectivity index (χ1n) is 18.4. The molecule has 7 atom stereocenters. The van der Waals surface area contributed by atoms with Crippen molar-refractivity contribution < 1.29 is 29.2 Å². The molecule has 1 aromatic heterocycles. The molecule has 250 valence electrons. The molecule has 3 heterocycles. The van der Waals surface area contributed by atoms with Gasteiger partial charge in [-0.2, -0.15) is 0 Å². The maximum atomic E-state index is 10.8. The molecule has 2 saturated heterocycles. The quantitative estimate of drug-likeness (QED) is 0.0964. The van der Waals surface area contributed by atoms with Crippen LogP contribution in [-0.2, 0) is 15.9 Å². The zero-order chi connectivity index (χ0) is 30.7. The lowest BCUT2D eigenvalue weighted by molar-refractivity contribution is -0.110. The molecule has 3 rings (SSSR count). The molecule has 2 aliphatic heterocycles. The summed E-state index contributed by atoms with van der Waals surface area (Å²) in [6.45, 7) is 4.21. The Morgan fingerprint density at radius 3 is 1.65 bits per heavy atom. The van der Waals surface area contributed by atoms with Crippen molar-refractivity contribution in [3.8, 4) is 0 Å². The minimum absolute atomic E-state index is 0.0290. The summed E-state index contributed by atoms with van der Waals surface area (Å²) in [6, 6.07) is 4.16. The fraction of sp³-hybridized carbons (Fsp3) is 0.892. The van der Waals surface area contributed by atoms with Crippen LogP contribution in [0.4, 0.5) is 0 Å². The summed E-state index contributed by atoms with van der Waals surface area (Å²) < 4.78 is 18.2. The fourth-order valence-electron chi connectivity index (χ4n) is 7.06. The molecule has 1 aromatic rings. The average Bonchev–Trinajstić information content (AvgIpc) is 3.77. The Hall–Kier alpha value is -0.920. The van der Waals surface area contributed by atoms with Gasteiger partial charge in [-0.15, -0.1) is 0 Å². The van der Waals surface area contributed by atoms with Gasteiger partial charge in [-0.3, -0.25) is 0 Å². The van der Waals surface area contributed by atoms with Crippen LogP contribution in [0.3, 0.4) is 0 Å². The highest BCUT2D eigenvalue weighted by molar-refractivity contribution is 5.05. The Morgan fingerprint density at radius 2 is 1.09 bits per heavy atom. The summed E-state index contributed by atoms with van der Waals surface area (Å²) in [7, 11) is 0. The van der Waals surface area contributed by atoms with E-state index in [1.165, 1.54) is 77.0 Å². The van der Waals surface area contributed by atoms with Gasteiger partial charge in [-0.25, -0.2) is 0 Å². The van der Waals surface area contributed by atoms with Gasteiger partial charge >= 0.3 is 0 Å². The van der Waals surface area contributed by atoms with Crippen LogP contribution in [0.15, 0.2) is 16.5 Å². The van der Waals surface area contributed by atoms with Gasteiger partial charge in [-0.1, -0.05) is 90.4 Å². The van der Waals surface area contributed by atoms with E-state index in [0.717, 1.165) is 82.1 Å². The number of aliphatic hydroxyl groups excluding tert-OH is 3. The van der Waals surface area contributed by atoms with Crippen molar-refractivity contribution in [2.24, 2.45) is 0 Å². The zero-order valence-electron chi connectivity index (χ0n) is 27.7. The Morgan fingerprint density at radius 1 is 0.605 bits per heavy atom. The molecule has 6 heteroatoms. The lowest BCUT2D eigenvalue weighted by Crippen LogP contribution is -2.33. The van der Waals surface area contributed by atoms with Gasteiger partial charge in [0.15, 0.2) is 0 Å². The number of hydrogen-bond acceptors (Lipinski definition) is 6. The summed E-state index contributed by atoms with van der Waals surface area (Å²) >= 11 is 0. The van der Waals surface area contributed by atoms with Gasteiger partial charge in [0.1, 0.15) is 11.5 Å². The summed E-state index contributed by atoms with van der Waals surface area (Å²) in [5.41, 5.74) is 0. The number of furan rings is 1. The first kappa shape index (κ1) is 36.5. The van der Waals surface area contributed by atoms with Crippen LogP contribution in [0.25, 0.3) is 0 Å². The summed E-state index contributed by atoms with van der Waals surface area (Å²) in [5, 5.41) is 31.6. The lowest BCUT2D eigenvalue weighted by atomic mass is 9.99. The van der Waals surface area contributed by atoms with Crippen LogP contribution in [-0.4, -0.2) is 58.0 Å². The maximum Gasteiger partial charge on any atom is 0.104 e. The molecule has 2 fully saturated rings. The summed E-state index contributed by atoms with van der Waals surface area (Å²) in [5.74, 6) is 2.14. The van der Waals surface area contributed by atoms with E-state index in [1.54, 1.807) is 0 Å². The number of aliphatic hydroxyl groups is 3. The van der Waals surface area contributed by atoms with Crippen molar-refractivity contribution in [2.45, 2.75) is 211 Å². The Balaban J connectivity index is 1.13. The van der Waals surface area contributed by atoms with Crippen molar-refractivity contribution in [3.05, 3.63) is 23.7 Å². The zero-order valence-corrected chi connectivity index (χ0v) is 27.7. The molecule has 6 nitrogen and oxygen atoms in total. The number of rotatable bonds is 25. The first-order valence-corrected chi connectivity index (χ1v) is 18.4. The van der Waals surface area contributed by atoms with Gasteiger partial charge in [0, 0.05) is 6.42 Å². The normalized spacial score (nSPS) is 24.5. The second-order valence-electron chi connectivity index (χ2n) is 13.7. The molecular formula is C37H66O6. The molecule has 43 heavy (non-hydrogen) atoms. The molecular weight excluding hydrogens is 540 g/mol. The first-order chi connectivity index (χ1) is 21.0. The van der Waals surface area contributed by atoms with Crippen LogP contribution >= 0.6 is 0 Å². The topological polar surface area (TPSA) is 92.3 Å². The Kier molecular flexibility index (Phi) is 18.5. The molecule has 0 aromatic carbocycles. The number of hydrogen-bond donors (Lipinski definition) is 3. The average molecular weight is 607 g/mol. The van der Waals surface area contributed by atoms with Gasteiger partial charge in [0.2, 0.25) is 0 Å². The number of aryl methyl sites for hydroxylation is 2. The van der Waals surface area contributed by atoms with Gasteiger partial charge in [0.05, 0.1) is 42.7 Å². The third-order valence-electron chi connectivity index (χ3n) is 9.84. The molecule has 0 radical (unpaired) electrons. The van der Waals surface area contributed by atoms with Crippen LogP contribution in [0.2, 0.25) is 0 Å². The largest absolute Gasteiger partial charge is 0.466 e. The van der Waals surface area contributed by atoms with Gasteiger partial charge in [0.25, 0.3) is 0 Å². The van der Waals surface area contributed by atoms with Crippen molar-refractivity contribution >= 4 is 0 Å². The third-order valence-corrected chi connectivity index (χ3v) is 9.84. The van der Waals surface area contributed by atoms with Crippen molar-refractivity contribution in [1.29, 1.82) is 0 Å². The molecule has 0 spiro atoms. The monoisotopic (exact) mass is 606 g/mol. The highest BCUT2D eigenvalue weighted by atomic mass is 16.6. The highest BCUT2D eigenvalue weighted by Crippen LogP contribution is 2.34. The van der Waals surface area contributed by atoms with E-state index < -0.39 is 6.10 Å². The Labute approximate surface area is 263 Å².